The van der Waals surface area contributed by atoms with E-state index in [1.807, 2.05) is 12.1 Å². The molecule has 1 atom stereocenters. The molecule has 1 aromatic carbocycles. The quantitative estimate of drug-likeness (QED) is 0.884. The molecule has 2 rings (SSSR count). The molecule has 1 aromatic heterocycles. The summed E-state index contributed by atoms with van der Waals surface area (Å²) in [4.78, 5) is 15.8. The van der Waals surface area contributed by atoms with Crippen LogP contribution in [0.5, 0.6) is 0 Å². The number of amides is 1. The van der Waals surface area contributed by atoms with Crippen molar-refractivity contribution in [1.82, 2.24) is 20.1 Å². The van der Waals surface area contributed by atoms with Gasteiger partial charge in [-0.1, -0.05) is 24.3 Å². The van der Waals surface area contributed by atoms with Gasteiger partial charge in [-0.2, -0.15) is 5.10 Å². The highest BCUT2D eigenvalue weighted by Gasteiger charge is 2.14. The lowest BCUT2D eigenvalue weighted by Gasteiger charge is -2.12. The Morgan fingerprint density at radius 1 is 1.42 bits per heavy atom. The van der Waals surface area contributed by atoms with Crippen molar-refractivity contribution in [1.29, 1.82) is 0 Å². The molecule has 5 nitrogen and oxygen atoms in total. The van der Waals surface area contributed by atoms with Gasteiger partial charge in [0.15, 0.2) is 0 Å². The first kappa shape index (κ1) is 13.3. The lowest BCUT2D eigenvalue weighted by molar-refractivity contribution is -0.124. The Bertz CT molecular complexity index is 536. The summed E-state index contributed by atoms with van der Waals surface area (Å²) >= 11 is 0. The lowest BCUT2D eigenvalue weighted by Crippen LogP contribution is -2.32. The summed E-state index contributed by atoms with van der Waals surface area (Å²) in [6.45, 7) is 4.51. The van der Waals surface area contributed by atoms with Crippen LogP contribution in [0.2, 0.25) is 0 Å². The lowest BCUT2D eigenvalue weighted by atomic mass is 10.1. The van der Waals surface area contributed by atoms with E-state index in [2.05, 4.69) is 34.5 Å². The zero-order valence-corrected chi connectivity index (χ0v) is 11.2. The molecule has 100 valence electrons. The van der Waals surface area contributed by atoms with E-state index < -0.39 is 0 Å². The first-order valence-corrected chi connectivity index (χ1v) is 6.35. The second-order valence-corrected chi connectivity index (χ2v) is 4.52. The molecule has 1 N–H and O–H groups in total. The maximum atomic E-state index is 11.9. The minimum absolute atomic E-state index is 0.0425. The predicted octanol–water partition coefficient (Wildman–Crippen LogP) is 1.51. The number of aryl methyl sites for hydroxylation is 1. The maximum Gasteiger partial charge on any atom is 0.244 e. The molecule has 1 amide bonds. The third-order valence-corrected chi connectivity index (χ3v) is 3.17. The molecule has 0 aliphatic heterocycles. The van der Waals surface area contributed by atoms with Gasteiger partial charge in [0, 0.05) is 6.54 Å². The van der Waals surface area contributed by atoms with Crippen molar-refractivity contribution in [2.45, 2.75) is 26.3 Å². The number of carbonyl (C=O) groups excluding carboxylic acids is 1. The number of nitrogens with zero attached hydrogens (tertiary/aromatic N) is 3. The second kappa shape index (κ2) is 6.13. The van der Waals surface area contributed by atoms with Crippen molar-refractivity contribution >= 4 is 5.91 Å². The summed E-state index contributed by atoms with van der Waals surface area (Å²) in [5.74, 6) is -0.0425. The minimum atomic E-state index is -0.334. The summed E-state index contributed by atoms with van der Waals surface area (Å²) in [7, 11) is 0. The molecule has 0 aliphatic rings. The van der Waals surface area contributed by atoms with Crippen molar-refractivity contribution in [3.8, 4) is 0 Å². The summed E-state index contributed by atoms with van der Waals surface area (Å²) in [6, 6.07) is 7.86. The molecular formula is C14H18N4O. The van der Waals surface area contributed by atoms with Crippen molar-refractivity contribution in [3.63, 3.8) is 0 Å². The standard InChI is InChI=1S/C14H18N4O/c1-11-5-3-4-6-13(11)7-8-16-14(19)12(2)18-10-15-9-17-18/h3-6,9-10,12H,7-8H2,1-2H3,(H,16,19)/t12-/m0/s1. The van der Waals surface area contributed by atoms with Crippen LogP contribution < -0.4 is 5.32 Å². The second-order valence-electron chi connectivity index (χ2n) is 4.52. The number of rotatable bonds is 5. The zero-order valence-electron chi connectivity index (χ0n) is 11.2. The van der Waals surface area contributed by atoms with Gasteiger partial charge < -0.3 is 5.32 Å². The van der Waals surface area contributed by atoms with E-state index in [4.69, 9.17) is 0 Å². The Morgan fingerprint density at radius 3 is 2.89 bits per heavy atom. The largest absolute Gasteiger partial charge is 0.354 e. The number of hydrogen-bond donors (Lipinski definition) is 1. The van der Waals surface area contributed by atoms with E-state index >= 15 is 0 Å². The molecule has 2 aromatic rings. The molecule has 0 saturated carbocycles. The highest BCUT2D eigenvalue weighted by Crippen LogP contribution is 2.07. The van der Waals surface area contributed by atoms with Crippen LogP contribution in [0.3, 0.4) is 0 Å². The Kier molecular flexibility index (Phi) is 4.28. The normalized spacial score (nSPS) is 12.1. The molecule has 0 unspecified atom stereocenters. The van der Waals surface area contributed by atoms with E-state index in [1.165, 1.54) is 17.5 Å². The van der Waals surface area contributed by atoms with Crippen molar-refractivity contribution < 1.29 is 4.79 Å². The average Bonchev–Trinajstić information content (AvgIpc) is 2.94. The molecule has 5 heteroatoms. The van der Waals surface area contributed by atoms with Crippen LogP contribution in [0, 0.1) is 6.92 Å². The van der Waals surface area contributed by atoms with Crippen LogP contribution >= 0.6 is 0 Å². The van der Waals surface area contributed by atoms with Gasteiger partial charge in [0.2, 0.25) is 5.91 Å². The topological polar surface area (TPSA) is 59.8 Å². The van der Waals surface area contributed by atoms with E-state index in [-0.39, 0.29) is 11.9 Å². The molecule has 0 bridgehead atoms. The summed E-state index contributed by atoms with van der Waals surface area (Å²) in [5, 5.41) is 6.88. The fourth-order valence-corrected chi connectivity index (χ4v) is 1.90. The predicted molar refractivity (Wildman–Crippen MR) is 72.6 cm³/mol. The highest BCUT2D eigenvalue weighted by atomic mass is 16.2. The van der Waals surface area contributed by atoms with Crippen LogP contribution in [0.15, 0.2) is 36.9 Å². The number of nitrogens with one attached hydrogen (secondary N) is 1. The van der Waals surface area contributed by atoms with Crippen LogP contribution in [0.1, 0.15) is 24.1 Å². The smallest absolute Gasteiger partial charge is 0.244 e. The van der Waals surface area contributed by atoms with E-state index in [1.54, 1.807) is 17.9 Å². The molecular weight excluding hydrogens is 240 g/mol. The fraction of sp³-hybridized carbons (Fsp3) is 0.357. The van der Waals surface area contributed by atoms with Crippen molar-refractivity contribution in [3.05, 3.63) is 48.0 Å². The van der Waals surface area contributed by atoms with Gasteiger partial charge in [0.05, 0.1) is 0 Å². The maximum absolute atomic E-state index is 11.9. The number of benzene rings is 1. The van der Waals surface area contributed by atoms with Gasteiger partial charge >= 0.3 is 0 Å². The van der Waals surface area contributed by atoms with Crippen molar-refractivity contribution in [2.24, 2.45) is 0 Å². The average molecular weight is 258 g/mol. The molecule has 0 aliphatic carbocycles. The van der Waals surface area contributed by atoms with E-state index in [0.29, 0.717) is 6.54 Å². The van der Waals surface area contributed by atoms with Crippen LogP contribution in [0.25, 0.3) is 0 Å². The summed E-state index contributed by atoms with van der Waals surface area (Å²) in [5.41, 5.74) is 2.51. The third kappa shape index (κ3) is 3.40. The van der Waals surface area contributed by atoms with Gasteiger partial charge in [0.25, 0.3) is 0 Å². The van der Waals surface area contributed by atoms with E-state index in [0.717, 1.165) is 6.42 Å². The minimum Gasteiger partial charge on any atom is -0.354 e. The molecule has 0 spiro atoms. The van der Waals surface area contributed by atoms with Gasteiger partial charge in [-0.15, -0.1) is 0 Å². The van der Waals surface area contributed by atoms with Crippen LogP contribution in [-0.2, 0) is 11.2 Å². The van der Waals surface area contributed by atoms with Gasteiger partial charge in [-0.3, -0.25) is 4.79 Å². The monoisotopic (exact) mass is 258 g/mol. The molecule has 0 saturated heterocycles. The SMILES string of the molecule is Cc1ccccc1CCNC(=O)[C@H](C)n1cncn1. The van der Waals surface area contributed by atoms with Crippen LogP contribution in [0.4, 0.5) is 0 Å². The Balaban J connectivity index is 1.83. The summed E-state index contributed by atoms with van der Waals surface area (Å²) < 4.78 is 1.54. The van der Waals surface area contributed by atoms with Gasteiger partial charge in [0.1, 0.15) is 18.7 Å². The third-order valence-electron chi connectivity index (χ3n) is 3.17. The van der Waals surface area contributed by atoms with Gasteiger partial charge in [-0.05, 0) is 31.4 Å². The Morgan fingerprint density at radius 2 is 2.21 bits per heavy atom. The number of carbonyl (C=O) groups is 1. The number of aromatic nitrogens is 3. The fourth-order valence-electron chi connectivity index (χ4n) is 1.90. The first-order chi connectivity index (χ1) is 9.18. The van der Waals surface area contributed by atoms with Gasteiger partial charge in [-0.25, -0.2) is 9.67 Å². The first-order valence-electron chi connectivity index (χ1n) is 6.35. The Hall–Kier alpha value is -2.17. The van der Waals surface area contributed by atoms with Crippen molar-refractivity contribution in [2.75, 3.05) is 6.54 Å². The van der Waals surface area contributed by atoms with Crippen LogP contribution in [-0.4, -0.2) is 27.2 Å². The molecule has 1 heterocycles. The zero-order chi connectivity index (χ0) is 13.7. The Labute approximate surface area is 112 Å². The molecule has 0 radical (unpaired) electrons. The number of hydrogen-bond acceptors (Lipinski definition) is 3. The highest BCUT2D eigenvalue weighted by molar-refractivity contribution is 5.79. The summed E-state index contributed by atoms with van der Waals surface area (Å²) in [6.07, 6.45) is 3.81. The molecule has 19 heavy (non-hydrogen) atoms. The molecule has 0 fully saturated rings. The van der Waals surface area contributed by atoms with E-state index in [9.17, 15) is 4.79 Å².